The smallest absolute Gasteiger partial charge is 0.336 e. The summed E-state index contributed by atoms with van der Waals surface area (Å²) in [4.78, 5) is 25.8. The molecule has 1 aromatic heterocycles. The molecule has 1 heterocycles. The van der Waals surface area contributed by atoms with Crippen LogP contribution in [0.5, 0.6) is 0 Å². The number of rotatable bonds is 8. The van der Waals surface area contributed by atoms with Crippen LogP contribution in [0, 0.1) is 0 Å². The van der Waals surface area contributed by atoms with E-state index >= 15 is 0 Å². The van der Waals surface area contributed by atoms with Crippen molar-refractivity contribution in [1.29, 1.82) is 0 Å². The quantitative estimate of drug-likeness (QED) is 0.610. The van der Waals surface area contributed by atoms with Crippen LogP contribution < -0.4 is 5.32 Å². The Morgan fingerprint density at radius 2 is 1.94 bits per heavy atom. The number of amides is 2. The van der Waals surface area contributed by atoms with Crippen LogP contribution in [0.4, 0.5) is 18.9 Å². The SMILES string of the molecule is CC(C)c1nnc(SCC(=O)N(C)CC(=O)Nc2ccccc2C(F)(F)F)n1C1CC1. The molecular formula is C20H24F3N5O2S. The van der Waals surface area contributed by atoms with Crippen molar-refractivity contribution in [3.63, 3.8) is 0 Å². The van der Waals surface area contributed by atoms with Crippen LogP contribution in [0.3, 0.4) is 0 Å². The molecule has 3 rings (SSSR count). The highest BCUT2D eigenvalue weighted by Crippen LogP contribution is 2.40. The summed E-state index contributed by atoms with van der Waals surface area (Å²) in [5.41, 5.74) is -1.28. The predicted octanol–water partition coefficient (Wildman–Crippen LogP) is 3.94. The molecule has 0 radical (unpaired) electrons. The van der Waals surface area contributed by atoms with Gasteiger partial charge in [-0.2, -0.15) is 13.2 Å². The van der Waals surface area contributed by atoms with Gasteiger partial charge in [0.15, 0.2) is 5.16 Å². The van der Waals surface area contributed by atoms with E-state index in [2.05, 4.69) is 20.1 Å². The van der Waals surface area contributed by atoms with Crippen LogP contribution in [-0.2, 0) is 15.8 Å². The first-order chi connectivity index (χ1) is 14.6. The van der Waals surface area contributed by atoms with Gasteiger partial charge in [0.25, 0.3) is 0 Å². The Balaban J connectivity index is 1.57. The summed E-state index contributed by atoms with van der Waals surface area (Å²) in [6.45, 7) is 3.70. The number of carbonyl (C=O) groups excluding carboxylic acids is 2. The monoisotopic (exact) mass is 455 g/mol. The van der Waals surface area contributed by atoms with Gasteiger partial charge >= 0.3 is 6.18 Å². The maximum atomic E-state index is 13.1. The summed E-state index contributed by atoms with van der Waals surface area (Å²) in [6, 6.07) is 5.08. The summed E-state index contributed by atoms with van der Waals surface area (Å²) in [5, 5.41) is 11.3. The summed E-state index contributed by atoms with van der Waals surface area (Å²) in [7, 11) is 1.43. The minimum atomic E-state index is -4.59. The Kier molecular flexibility index (Phi) is 6.93. The predicted molar refractivity (Wildman–Crippen MR) is 111 cm³/mol. The molecule has 0 aliphatic heterocycles. The van der Waals surface area contributed by atoms with E-state index in [1.54, 1.807) is 0 Å². The van der Waals surface area contributed by atoms with E-state index in [9.17, 15) is 22.8 Å². The second-order valence-corrected chi connectivity index (χ2v) is 8.67. The van der Waals surface area contributed by atoms with Gasteiger partial charge in [0, 0.05) is 19.0 Å². The molecule has 0 saturated heterocycles. The number of thioether (sulfide) groups is 1. The van der Waals surface area contributed by atoms with Crippen molar-refractivity contribution in [2.24, 2.45) is 0 Å². The first kappa shape index (κ1) is 23.1. The van der Waals surface area contributed by atoms with Gasteiger partial charge < -0.3 is 14.8 Å². The largest absolute Gasteiger partial charge is 0.418 e. The van der Waals surface area contributed by atoms with Gasteiger partial charge in [-0.1, -0.05) is 37.7 Å². The van der Waals surface area contributed by atoms with Gasteiger partial charge in [0.1, 0.15) is 5.82 Å². The van der Waals surface area contributed by atoms with Gasteiger partial charge in [0.2, 0.25) is 11.8 Å². The van der Waals surface area contributed by atoms with E-state index in [-0.39, 0.29) is 29.8 Å². The van der Waals surface area contributed by atoms with Crippen LogP contribution in [-0.4, -0.2) is 50.8 Å². The average molecular weight is 456 g/mol. The molecule has 168 valence electrons. The number of likely N-dealkylation sites (N-methyl/N-ethyl adjacent to an activating group) is 1. The minimum absolute atomic E-state index is 0.0475. The molecule has 1 aromatic carbocycles. The molecular weight excluding hydrogens is 431 g/mol. The van der Waals surface area contributed by atoms with Crippen LogP contribution in [0.25, 0.3) is 0 Å². The normalized spacial score (nSPS) is 14.0. The van der Waals surface area contributed by atoms with E-state index in [1.165, 1.54) is 41.9 Å². The molecule has 0 bridgehead atoms. The van der Waals surface area contributed by atoms with Crippen LogP contribution in [0.15, 0.2) is 29.4 Å². The highest BCUT2D eigenvalue weighted by Gasteiger charge is 2.34. The van der Waals surface area contributed by atoms with Crippen LogP contribution >= 0.6 is 11.8 Å². The van der Waals surface area contributed by atoms with Crippen molar-refractivity contribution in [3.8, 4) is 0 Å². The fourth-order valence-electron chi connectivity index (χ4n) is 3.03. The van der Waals surface area contributed by atoms with Gasteiger partial charge in [-0.15, -0.1) is 10.2 Å². The molecule has 1 aliphatic carbocycles. The Hall–Kier alpha value is -2.56. The Bertz CT molecular complexity index is 957. The van der Waals surface area contributed by atoms with E-state index in [0.717, 1.165) is 24.7 Å². The molecule has 2 aromatic rings. The number of halogens is 3. The fourth-order valence-corrected chi connectivity index (χ4v) is 3.98. The zero-order valence-electron chi connectivity index (χ0n) is 17.4. The topological polar surface area (TPSA) is 80.1 Å². The second-order valence-electron chi connectivity index (χ2n) is 7.73. The van der Waals surface area contributed by atoms with E-state index in [0.29, 0.717) is 11.2 Å². The molecule has 1 fully saturated rings. The Morgan fingerprint density at radius 3 is 2.55 bits per heavy atom. The standard InChI is InChI=1S/C20H24F3N5O2S/c1-12(2)18-25-26-19(28(18)13-8-9-13)31-11-17(30)27(3)10-16(29)24-15-7-5-4-6-14(15)20(21,22)23/h4-7,12-13H,8-11H2,1-3H3,(H,24,29). The number of para-hydroxylation sites is 1. The first-order valence-electron chi connectivity index (χ1n) is 9.85. The third-order valence-electron chi connectivity index (χ3n) is 4.76. The van der Waals surface area contributed by atoms with Gasteiger partial charge in [-0.3, -0.25) is 9.59 Å². The van der Waals surface area contributed by atoms with E-state index in [1.807, 2.05) is 13.8 Å². The number of benzene rings is 1. The molecule has 0 unspecified atom stereocenters. The number of aromatic nitrogens is 3. The van der Waals surface area contributed by atoms with Gasteiger partial charge in [0.05, 0.1) is 23.5 Å². The highest BCUT2D eigenvalue weighted by atomic mass is 32.2. The maximum Gasteiger partial charge on any atom is 0.418 e. The zero-order valence-corrected chi connectivity index (χ0v) is 18.3. The Morgan fingerprint density at radius 1 is 1.26 bits per heavy atom. The van der Waals surface area contributed by atoms with Crippen molar-refractivity contribution in [2.45, 2.75) is 50.0 Å². The second kappa shape index (κ2) is 9.29. The summed E-state index contributed by atoms with van der Waals surface area (Å²) in [5.74, 6) is 0.102. The molecule has 2 amide bonds. The van der Waals surface area contributed by atoms with E-state index in [4.69, 9.17) is 0 Å². The summed E-state index contributed by atoms with van der Waals surface area (Å²) < 4.78 is 41.3. The third-order valence-corrected chi connectivity index (χ3v) is 5.68. The third kappa shape index (κ3) is 5.78. The Labute approximate surface area is 182 Å². The summed E-state index contributed by atoms with van der Waals surface area (Å²) in [6.07, 6.45) is -2.48. The molecule has 7 nitrogen and oxygen atoms in total. The van der Waals surface area contributed by atoms with Crippen molar-refractivity contribution < 1.29 is 22.8 Å². The van der Waals surface area contributed by atoms with Gasteiger partial charge in [-0.25, -0.2) is 0 Å². The molecule has 1 aliphatic rings. The molecule has 1 saturated carbocycles. The number of nitrogens with one attached hydrogen (secondary N) is 1. The van der Waals surface area contributed by atoms with Crippen molar-refractivity contribution >= 4 is 29.3 Å². The number of nitrogens with zero attached hydrogens (tertiary/aromatic N) is 4. The first-order valence-corrected chi connectivity index (χ1v) is 10.8. The lowest BCUT2D eigenvalue weighted by Gasteiger charge is -2.18. The molecule has 11 heteroatoms. The number of hydrogen-bond donors (Lipinski definition) is 1. The molecule has 1 N–H and O–H groups in total. The van der Waals surface area contributed by atoms with Crippen molar-refractivity contribution in [2.75, 3.05) is 24.7 Å². The van der Waals surface area contributed by atoms with Gasteiger partial charge in [-0.05, 0) is 25.0 Å². The average Bonchev–Trinajstić information content (AvgIpc) is 3.44. The minimum Gasteiger partial charge on any atom is -0.336 e. The lowest BCUT2D eigenvalue weighted by molar-refractivity contribution is -0.137. The lowest BCUT2D eigenvalue weighted by atomic mass is 10.1. The number of carbonyl (C=O) groups is 2. The molecule has 0 spiro atoms. The molecule has 0 atom stereocenters. The molecule has 31 heavy (non-hydrogen) atoms. The van der Waals surface area contributed by atoms with Crippen LogP contribution in [0.1, 0.15) is 50.0 Å². The number of alkyl halides is 3. The van der Waals surface area contributed by atoms with E-state index < -0.39 is 17.6 Å². The van der Waals surface area contributed by atoms with Crippen molar-refractivity contribution in [1.82, 2.24) is 19.7 Å². The highest BCUT2D eigenvalue weighted by molar-refractivity contribution is 7.99. The number of hydrogen-bond acceptors (Lipinski definition) is 5. The zero-order chi connectivity index (χ0) is 22.8. The van der Waals surface area contributed by atoms with Crippen molar-refractivity contribution in [3.05, 3.63) is 35.7 Å². The fraction of sp³-hybridized carbons (Fsp3) is 0.500. The maximum absolute atomic E-state index is 13.1. The lowest BCUT2D eigenvalue weighted by Crippen LogP contribution is -2.36. The summed E-state index contributed by atoms with van der Waals surface area (Å²) >= 11 is 1.24. The van der Waals surface area contributed by atoms with Crippen LogP contribution in [0.2, 0.25) is 0 Å². The number of anilines is 1.